The van der Waals surface area contributed by atoms with Crippen LogP contribution >= 0.6 is 0 Å². The van der Waals surface area contributed by atoms with E-state index < -0.39 is 18.4 Å². The number of rotatable bonds is 3. The van der Waals surface area contributed by atoms with Gasteiger partial charge in [0.25, 0.3) is 0 Å². The maximum absolute atomic E-state index is 9.75. The predicted molar refractivity (Wildman–Crippen MR) is 63.5 cm³/mol. The first-order valence-electron chi connectivity index (χ1n) is 5.90. The van der Waals surface area contributed by atoms with Gasteiger partial charge in [0.2, 0.25) is 5.88 Å². The second kappa shape index (κ2) is 4.72. The molecule has 0 saturated carbocycles. The summed E-state index contributed by atoms with van der Waals surface area (Å²) in [5.74, 6) is 0.390. The average Bonchev–Trinajstić information content (AvgIpc) is 3.01. The highest BCUT2D eigenvalue weighted by atomic mass is 16.5. The first-order chi connectivity index (χ1) is 9.24. The Kier molecular flexibility index (Phi) is 3.05. The summed E-state index contributed by atoms with van der Waals surface area (Å²) in [6.45, 7) is -0.220. The third-order valence-electron chi connectivity index (χ3n) is 3.21. The van der Waals surface area contributed by atoms with E-state index in [0.717, 1.165) is 0 Å². The Bertz CT molecular complexity index is 587. The van der Waals surface area contributed by atoms with Crippen LogP contribution in [-0.4, -0.2) is 55.7 Å². The van der Waals surface area contributed by atoms with E-state index in [1.165, 1.54) is 13.4 Å². The number of methoxy groups -OCH3 is 1. The number of imidazole rings is 1. The molecule has 0 aromatic carbocycles. The van der Waals surface area contributed by atoms with Gasteiger partial charge in [0.05, 0.1) is 26.1 Å². The Hall–Kier alpha value is -1.77. The van der Waals surface area contributed by atoms with Crippen LogP contribution in [0.5, 0.6) is 5.88 Å². The van der Waals surface area contributed by atoms with Crippen LogP contribution in [-0.2, 0) is 4.74 Å². The highest BCUT2D eigenvalue weighted by molar-refractivity contribution is 5.75. The molecule has 8 heteroatoms. The lowest BCUT2D eigenvalue weighted by molar-refractivity contribution is -0.0432. The van der Waals surface area contributed by atoms with Crippen LogP contribution in [0.1, 0.15) is 12.6 Å². The lowest BCUT2D eigenvalue weighted by Gasteiger charge is -2.13. The van der Waals surface area contributed by atoms with Crippen molar-refractivity contribution in [3.8, 4) is 5.88 Å². The molecule has 3 atom stereocenters. The van der Waals surface area contributed by atoms with Crippen molar-refractivity contribution in [3.05, 3.63) is 12.7 Å². The SMILES string of the molecule is COc1ncnc2c1ncn2[C@H]1C[C@@H](O)[C@H](CO)O1. The Labute approximate surface area is 108 Å². The molecule has 8 nitrogen and oxygen atoms in total. The second-order valence-electron chi connectivity index (χ2n) is 4.32. The van der Waals surface area contributed by atoms with Gasteiger partial charge in [0.1, 0.15) is 18.7 Å². The van der Waals surface area contributed by atoms with Crippen molar-refractivity contribution in [1.82, 2.24) is 19.5 Å². The van der Waals surface area contributed by atoms with Gasteiger partial charge in [-0.25, -0.2) is 9.97 Å². The smallest absolute Gasteiger partial charge is 0.245 e. The topological polar surface area (TPSA) is 103 Å². The molecule has 1 fully saturated rings. The lowest BCUT2D eigenvalue weighted by Crippen LogP contribution is -2.24. The Morgan fingerprint density at radius 2 is 2.32 bits per heavy atom. The van der Waals surface area contributed by atoms with E-state index >= 15 is 0 Å². The number of aliphatic hydroxyl groups excluding tert-OH is 2. The zero-order valence-corrected chi connectivity index (χ0v) is 10.3. The number of hydrogen-bond donors (Lipinski definition) is 2. The largest absolute Gasteiger partial charge is 0.479 e. The summed E-state index contributed by atoms with van der Waals surface area (Å²) in [7, 11) is 1.51. The highest BCUT2D eigenvalue weighted by Gasteiger charge is 2.35. The second-order valence-corrected chi connectivity index (χ2v) is 4.32. The molecule has 102 valence electrons. The number of fused-ring (bicyclic) bond motifs is 1. The first-order valence-corrected chi connectivity index (χ1v) is 5.90. The van der Waals surface area contributed by atoms with Crippen LogP contribution in [0.3, 0.4) is 0 Å². The normalized spacial score (nSPS) is 27.0. The van der Waals surface area contributed by atoms with Gasteiger partial charge in [0, 0.05) is 6.42 Å². The molecule has 19 heavy (non-hydrogen) atoms. The molecule has 1 aliphatic rings. The molecule has 0 spiro atoms. The van der Waals surface area contributed by atoms with Gasteiger partial charge in [-0.1, -0.05) is 0 Å². The third-order valence-corrected chi connectivity index (χ3v) is 3.21. The summed E-state index contributed by atoms with van der Waals surface area (Å²) in [5.41, 5.74) is 1.11. The molecule has 0 aliphatic carbocycles. The first kappa shape index (κ1) is 12.3. The molecule has 0 radical (unpaired) electrons. The van der Waals surface area contributed by atoms with Gasteiger partial charge in [-0.15, -0.1) is 0 Å². The van der Waals surface area contributed by atoms with Crippen molar-refractivity contribution in [2.45, 2.75) is 24.9 Å². The molecule has 0 amide bonds. The number of ether oxygens (including phenoxy) is 2. The predicted octanol–water partition coefficient (Wildman–Crippen LogP) is -0.524. The zero-order valence-electron chi connectivity index (χ0n) is 10.3. The minimum atomic E-state index is -0.698. The summed E-state index contributed by atoms with van der Waals surface area (Å²) in [4.78, 5) is 12.3. The molecule has 0 bridgehead atoms. The van der Waals surface area contributed by atoms with Gasteiger partial charge in [-0.05, 0) is 0 Å². The monoisotopic (exact) mass is 266 g/mol. The maximum Gasteiger partial charge on any atom is 0.245 e. The summed E-state index contributed by atoms with van der Waals surface area (Å²) < 4.78 is 12.4. The van der Waals surface area contributed by atoms with Crippen LogP contribution in [0.15, 0.2) is 12.7 Å². The van der Waals surface area contributed by atoms with Crippen LogP contribution < -0.4 is 4.74 Å². The standard InChI is InChI=1S/C11H14N4O4/c1-18-11-9-10(12-4-13-11)15(5-14-9)8-2-6(17)7(3-16)19-8/h4-8,16-17H,2-3H2,1H3/t6-,7+,8-/m1/s1. The van der Waals surface area contributed by atoms with E-state index in [0.29, 0.717) is 23.5 Å². The molecular weight excluding hydrogens is 252 g/mol. The van der Waals surface area contributed by atoms with Gasteiger partial charge >= 0.3 is 0 Å². The molecular formula is C11H14N4O4. The van der Waals surface area contributed by atoms with Gasteiger partial charge in [0.15, 0.2) is 11.2 Å². The summed E-state index contributed by atoms with van der Waals surface area (Å²) in [6, 6.07) is 0. The van der Waals surface area contributed by atoms with Crippen molar-refractivity contribution in [2.24, 2.45) is 0 Å². The maximum atomic E-state index is 9.75. The molecule has 1 aliphatic heterocycles. The average molecular weight is 266 g/mol. The number of aromatic nitrogens is 4. The molecule has 1 saturated heterocycles. The van der Waals surface area contributed by atoms with Crippen LogP contribution in [0.4, 0.5) is 0 Å². The quantitative estimate of drug-likeness (QED) is 0.770. The van der Waals surface area contributed by atoms with Crippen molar-refractivity contribution >= 4 is 11.2 Å². The van der Waals surface area contributed by atoms with E-state index in [2.05, 4.69) is 15.0 Å². The summed E-state index contributed by atoms with van der Waals surface area (Å²) >= 11 is 0. The molecule has 2 N–H and O–H groups in total. The number of hydrogen-bond acceptors (Lipinski definition) is 7. The number of nitrogens with zero attached hydrogens (tertiary/aromatic N) is 4. The van der Waals surface area contributed by atoms with Crippen molar-refractivity contribution in [2.75, 3.05) is 13.7 Å². The Morgan fingerprint density at radius 3 is 3.00 bits per heavy atom. The van der Waals surface area contributed by atoms with Crippen molar-refractivity contribution in [1.29, 1.82) is 0 Å². The summed E-state index contributed by atoms with van der Waals surface area (Å²) in [5, 5.41) is 18.8. The molecule has 0 unspecified atom stereocenters. The van der Waals surface area contributed by atoms with Crippen LogP contribution in [0.2, 0.25) is 0 Å². The summed E-state index contributed by atoms with van der Waals surface area (Å²) in [6.07, 6.45) is 1.65. The molecule has 2 aromatic rings. The van der Waals surface area contributed by atoms with Crippen LogP contribution in [0.25, 0.3) is 11.2 Å². The fourth-order valence-electron chi connectivity index (χ4n) is 2.24. The van der Waals surface area contributed by atoms with E-state index in [-0.39, 0.29) is 6.61 Å². The fourth-order valence-corrected chi connectivity index (χ4v) is 2.24. The minimum Gasteiger partial charge on any atom is -0.479 e. The molecule has 3 rings (SSSR count). The van der Waals surface area contributed by atoms with Crippen LogP contribution in [0, 0.1) is 0 Å². The fraction of sp³-hybridized carbons (Fsp3) is 0.545. The zero-order chi connectivity index (χ0) is 13.4. The molecule has 3 heterocycles. The lowest BCUT2D eigenvalue weighted by atomic mass is 10.2. The highest BCUT2D eigenvalue weighted by Crippen LogP contribution is 2.31. The molecule has 2 aromatic heterocycles. The van der Waals surface area contributed by atoms with Crippen molar-refractivity contribution < 1.29 is 19.7 Å². The third kappa shape index (κ3) is 1.93. The Balaban J connectivity index is 1.98. The van der Waals surface area contributed by atoms with Gasteiger partial charge < -0.3 is 19.7 Å². The van der Waals surface area contributed by atoms with E-state index in [1.54, 1.807) is 10.9 Å². The van der Waals surface area contributed by atoms with E-state index in [9.17, 15) is 5.11 Å². The van der Waals surface area contributed by atoms with Gasteiger partial charge in [-0.3, -0.25) is 4.57 Å². The minimum absolute atomic E-state index is 0.220. The Morgan fingerprint density at radius 1 is 1.47 bits per heavy atom. The van der Waals surface area contributed by atoms with E-state index in [1.807, 2.05) is 0 Å². The van der Waals surface area contributed by atoms with Crippen molar-refractivity contribution in [3.63, 3.8) is 0 Å². The number of aliphatic hydroxyl groups is 2. The van der Waals surface area contributed by atoms with E-state index in [4.69, 9.17) is 14.6 Å². The van der Waals surface area contributed by atoms with Gasteiger partial charge in [-0.2, -0.15) is 4.98 Å².